The van der Waals surface area contributed by atoms with Crippen LogP contribution in [0, 0.1) is 0 Å². The van der Waals surface area contributed by atoms with Crippen molar-refractivity contribution in [2.45, 2.75) is 39.2 Å². The molecule has 2 heterocycles. The van der Waals surface area contributed by atoms with Gasteiger partial charge in [-0.25, -0.2) is 9.48 Å². The second kappa shape index (κ2) is 10.3. The minimum Gasteiger partial charge on any atom is -0.451 e. The zero-order chi connectivity index (χ0) is 23.2. The minimum absolute atomic E-state index is 0.0132. The zero-order valence-electron chi connectivity index (χ0n) is 18.1. The number of nitrogens with one attached hydrogen (secondary N) is 1. The van der Waals surface area contributed by atoms with Crippen LogP contribution in [0.3, 0.4) is 0 Å². The number of carbonyl (C=O) groups excluding carboxylic acids is 2. The predicted molar refractivity (Wildman–Crippen MR) is 126 cm³/mol. The molecule has 1 N–H and O–H groups in total. The quantitative estimate of drug-likeness (QED) is 0.295. The lowest BCUT2D eigenvalue weighted by molar-refractivity contribution is -0.119. The highest BCUT2D eigenvalue weighted by molar-refractivity contribution is 7.00. The molecule has 33 heavy (non-hydrogen) atoms. The van der Waals surface area contributed by atoms with Gasteiger partial charge in [0.05, 0.1) is 22.8 Å². The van der Waals surface area contributed by atoms with E-state index in [1.54, 1.807) is 42.5 Å². The van der Waals surface area contributed by atoms with Gasteiger partial charge in [0.25, 0.3) is 11.5 Å². The second-order valence-corrected chi connectivity index (χ2v) is 8.07. The normalized spacial score (nSPS) is 11.1. The number of aromatic nitrogens is 4. The number of hydrogen-bond donors (Lipinski definition) is 1. The van der Waals surface area contributed by atoms with E-state index in [-0.39, 0.29) is 11.3 Å². The summed E-state index contributed by atoms with van der Waals surface area (Å²) >= 11 is 1.05. The molecule has 0 saturated heterocycles. The Bertz CT molecular complexity index is 1360. The van der Waals surface area contributed by atoms with Crippen LogP contribution in [-0.4, -0.2) is 37.0 Å². The first-order valence-corrected chi connectivity index (χ1v) is 11.5. The molecule has 1 amide bonds. The molecule has 0 unspecified atom stereocenters. The van der Waals surface area contributed by atoms with Gasteiger partial charge in [0.15, 0.2) is 12.3 Å². The molecular formula is C23H23N5O4S. The monoisotopic (exact) mass is 465 g/mol. The number of rotatable bonds is 9. The molecule has 9 nitrogen and oxygen atoms in total. The number of hydrogen-bond acceptors (Lipinski definition) is 8. The van der Waals surface area contributed by atoms with Crippen molar-refractivity contribution < 1.29 is 14.3 Å². The summed E-state index contributed by atoms with van der Waals surface area (Å²) < 4.78 is 14.9. The Balaban J connectivity index is 1.50. The summed E-state index contributed by atoms with van der Waals surface area (Å²) in [6.07, 6.45) is 3.90. The van der Waals surface area contributed by atoms with E-state index in [1.165, 1.54) is 4.68 Å². The van der Waals surface area contributed by atoms with E-state index in [4.69, 9.17) is 4.74 Å². The van der Waals surface area contributed by atoms with E-state index < -0.39 is 18.5 Å². The van der Waals surface area contributed by atoms with Crippen molar-refractivity contribution in [3.63, 3.8) is 0 Å². The van der Waals surface area contributed by atoms with Gasteiger partial charge in [-0.1, -0.05) is 50.5 Å². The smallest absolute Gasteiger partial charge is 0.359 e. The number of aryl methyl sites for hydroxylation is 1. The second-order valence-electron chi connectivity index (χ2n) is 7.54. The molecule has 170 valence electrons. The summed E-state index contributed by atoms with van der Waals surface area (Å²) in [5.74, 6) is -1.28. The van der Waals surface area contributed by atoms with Gasteiger partial charge < -0.3 is 10.1 Å². The third kappa shape index (κ3) is 5.06. The predicted octanol–water partition coefficient (Wildman–Crippen LogP) is 3.78. The molecule has 0 aliphatic rings. The van der Waals surface area contributed by atoms with Crippen LogP contribution < -0.4 is 10.9 Å². The SMILES string of the molecule is CCCCCCn1nc(C(=O)OCC(=O)Nc2cccc3nsnc23)c2ccccc2c1=O. The molecule has 0 aliphatic carbocycles. The van der Waals surface area contributed by atoms with Crippen molar-refractivity contribution in [1.29, 1.82) is 0 Å². The molecule has 0 atom stereocenters. The fourth-order valence-electron chi connectivity index (χ4n) is 3.52. The van der Waals surface area contributed by atoms with Gasteiger partial charge in [-0.2, -0.15) is 13.8 Å². The van der Waals surface area contributed by atoms with E-state index >= 15 is 0 Å². The lowest BCUT2D eigenvalue weighted by Crippen LogP contribution is -2.28. The maximum atomic E-state index is 12.8. The van der Waals surface area contributed by atoms with E-state index in [2.05, 4.69) is 26.1 Å². The van der Waals surface area contributed by atoms with Crippen molar-refractivity contribution in [1.82, 2.24) is 18.5 Å². The molecule has 10 heteroatoms. The Morgan fingerprint density at radius 3 is 2.67 bits per heavy atom. The standard InChI is InChI=1S/C23H23N5O4S/c1-2-3-4-7-13-28-22(30)16-10-6-5-9-15(16)20(25-28)23(31)32-14-19(29)24-17-11-8-12-18-21(17)27-33-26-18/h5-6,8-12H,2-4,7,13-14H2,1H3,(H,24,29). The summed E-state index contributed by atoms with van der Waals surface area (Å²) in [5, 5.41) is 7.75. The van der Waals surface area contributed by atoms with Gasteiger partial charge in [-0.3, -0.25) is 9.59 Å². The summed E-state index contributed by atoms with van der Waals surface area (Å²) in [6, 6.07) is 12.0. The molecule has 2 aromatic heterocycles. The van der Waals surface area contributed by atoms with Crippen molar-refractivity contribution in [3.05, 3.63) is 58.5 Å². The van der Waals surface area contributed by atoms with Crippen LogP contribution in [-0.2, 0) is 16.1 Å². The Morgan fingerprint density at radius 2 is 1.85 bits per heavy atom. The highest BCUT2D eigenvalue weighted by Gasteiger charge is 2.19. The summed E-state index contributed by atoms with van der Waals surface area (Å²) in [6.45, 7) is 2.02. The van der Waals surface area contributed by atoms with Crippen LogP contribution >= 0.6 is 11.7 Å². The number of benzene rings is 2. The first kappa shape index (κ1) is 22.5. The van der Waals surface area contributed by atoms with Crippen molar-refractivity contribution in [3.8, 4) is 0 Å². The van der Waals surface area contributed by atoms with E-state index in [9.17, 15) is 14.4 Å². The molecule has 4 rings (SSSR count). The van der Waals surface area contributed by atoms with Gasteiger partial charge in [-0.15, -0.1) is 0 Å². The number of anilines is 1. The van der Waals surface area contributed by atoms with Crippen LogP contribution in [0.15, 0.2) is 47.3 Å². The molecule has 0 radical (unpaired) electrons. The van der Waals surface area contributed by atoms with E-state index in [1.807, 2.05) is 0 Å². The van der Waals surface area contributed by atoms with Crippen molar-refractivity contribution >= 4 is 51.1 Å². The fraction of sp³-hybridized carbons (Fsp3) is 0.304. The Hall–Kier alpha value is -3.66. The van der Waals surface area contributed by atoms with Gasteiger partial charge in [0, 0.05) is 11.9 Å². The Kier molecular flexibility index (Phi) is 7.04. The number of carbonyl (C=O) groups is 2. The fourth-order valence-corrected chi connectivity index (χ4v) is 4.07. The van der Waals surface area contributed by atoms with Gasteiger partial charge in [0.2, 0.25) is 0 Å². The molecule has 0 fully saturated rings. The number of nitrogens with zero attached hydrogens (tertiary/aromatic N) is 4. The lowest BCUT2D eigenvalue weighted by atomic mass is 10.1. The van der Waals surface area contributed by atoms with Gasteiger partial charge in [0.1, 0.15) is 11.0 Å². The van der Waals surface area contributed by atoms with Crippen molar-refractivity contribution in [2.24, 2.45) is 0 Å². The maximum Gasteiger partial charge on any atom is 0.359 e. The average Bonchev–Trinajstić information content (AvgIpc) is 3.32. The minimum atomic E-state index is -0.766. The third-order valence-electron chi connectivity index (χ3n) is 5.18. The Labute approximate surface area is 193 Å². The summed E-state index contributed by atoms with van der Waals surface area (Å²) in [7, 11) is 0. The average molecular weight is 466 g/mol. The maximum absolute atomic E-state index is 12.8. The highest BCUT2D eigenvalue weighted by atomic mass is 32.1. The summed E-state index contributed by atoms with van der Waals surface area (Å²) in [4.78, 5) is 38.0. The van der Waals surface area contributed by atoms with Crippen LogP contribution in [0.1, 0.15) is 43.1 Å². The molecule has 2 aromatic carbocycles. The third-order valence-corrected chi connectivity index (χ3v) is 5.72. The summed E-state index contributed by atoms with van der Waals surface area (Å²) in [5.41, 5.74) is 1.50. The number of fused-ring (bicyclic) bond motifs is 2. The molecule has 0 spiro atoms. The highest BCUT2D eigenvalue weighted by Crippen LogP contribution is 2.21. The van der Waals surface area contributed by atoms with Crippen molar-refractivity contribution in [2.75, 3.05) is 11.9 Å². The van der Waals surface area contributed by atoms with E-state index in [0.717, 1.165) is 37.4 Å². The topological polar surface area (TPSA) is 116 Å². The van der Waals surface area contributed by atoms with Crippen LogP contribution in [0.4, 0.5) is 5.69 Å². The van der Waals surface area contributed by atoms with Gasteiger partial charge in [-0.05, 0) is 24.6 Å². The largest absolute Gasteiger partial charge is 0.451 e. The number of unbranched alkanes of at least 4 members (excludes halogenated alkanes) is 3. The Morgan fingerprint density at radius 1 is 1.03 bits per heavy atom. The van der Waals surface area contributed by atoms with Crippen LogP contribution in [0.2, 0.25) is 0 Å². The first-order valence-electron chi connectivity index (χ1n) is 10.8. The number of amides is 1. The lowest BCUT2D eigenvalue weighted by Gasteiger charge is -2.11. The molecule has 0 saturated carbocycles. The molecule has 0 aliphatic heterocycles. The van der Waals surface area contributed by atoms with Crippen LogP contribution in [0.5, 0.6) is 0 Å². The van der Waals surface area contributed by atoms with Gasteiger partial charge >= 0.3 is 5.97 Å². The molecular weight excluding hydrogens is 442 g/mol. The number of ether oxygens (including phenoxy) is 1. The molecule has 4 aromatic rings. The zero-order valence-corrected chi connectivity index (χ0v) is 18.9. The number of esters is 1. The van der Waals surface area contributed by atoms with Crippen LogP contribution in [0.25, 0.3) is 21.8 Å². The first-order chi connectivity index (χ1) is 16.1. The van der Waals surface area contributed by atoms with E-state index in [0.29, 0.717) is 34.0 Å². The molecule has 0 bridgehead atoms.